The molecule has 0 bridgehead atoms. The van der Waals surface area contributed by atoms with Crippen molar-refractivity contribution in [2.75, 3.05) is 18.4 Å². The topological polar surface area (TPSA) is 93.7 Å². The molecule has 1 fully saturated rings. The van der Waals surface area contributed by atoms with Crippen LogP contribution in [0.15, 0.2) is 64.0 Å². The zero-order valence-corrected chi connectivity index (χ0v) is 18.2. The minimum Gasteiger partial charge on any atom is -0.461 e. The molecule has 2 heterocycles. The smallest absolute Gasteiger partial charge is 0.247 e. The Bertz CT molecular complexity index is 1150. The lowest BCUT2D eigenvalue weighted by Gasteiger charge is -2.23. The minimum absolute atomic E-state index is 0.0124. The van der Waals surface area contributed by atoms with Crippen molar-refractivity contribution in [1.82, 2.24) is 10.2 Å². The molecule has 7 heteroatoms. The van der Waals surface area contributed by atoms with Crippen LogP contribution in [-0.2, 0) is 11.2 Å². The molecular formula is C25H27N5O2. The van der Waals surface area contributed by atoms with Crippen molar-refractivity contribution in [1.29, 1.82) is 5.26 Å². The van der Waals surface area contributed by atoms with E-state index in [1.165, 1.54) is 5.56 Å². The van der Waals surface area contributed by atoms with Crippen LogP contribution in [-0.4, -0.2) is 35.9 Å². The van der Waals surface area contributed by atoms with Gasteiger partial charge in [-0.2, -0.15) is 5.26 Å². The van der Waals surface area contributed by atoms with Crippen LogP contribution >= 0.6 is 0 Å². The second-order valence-corrected chi connectivity index (χ2v) is 8.02. The van der Waals surface area contributed by atoms with Crippen LogP contribution in [0.2, 0.25) is 0 Å². The molecule has 1 aliphatic rings. The second-order valence-electron chi connectivity index (χ2n) is 8.02. The number of carbonyl (C=O) groups excluding carboxylic acids is 1. The van der Waals surface area contributed by atoms with Crippen molar-refractivity contribution in [3.63, 3.8) is 0 Å². The molecule has 1 saturated heterocycles. The highest BCUT2D eigenvalue weighted by atomic mass is 16.3. The van der Waals surface area contributed by atoms with Crippen molar-refractivity contribution < 1.29 is 9.21 Å². The summed E-state index contributed by atoms with van der Waals surface area (Å²) < 4.78 is 5.62. The number of anilines is 1. The number of guanidine groups is 1. The number of likely N-dealkylation sites (tertiary alicyclic amines) is 1. The van der Waals surface area contributed by atoms with Crippen LogP contribution in [0.4, 0.5) is 5.69 Å². The van der Waals surface area contributed by atoms with Crippen LogP contribution in [0.3, 0.4) is 0 Å². The number of benzene rings is 2. The number of amides is 1. The number of nitriles is 1. The van der Waals surface area contributed by atoms with E-state index in [2.05, 4.69) is 27.8 Å². The summed E-state index contributed by atoms with van der Waals surface area (Å²) in [4.78, 5) is 19.7. The van der Waals surface area contributed by atoms with E-state index in [4.69, 9.17) is 4.42 Å². The Hall–Kier alpha value is -3.79. The third-order valence-electron chi connectivity index (χ3n) is 5.63. The molecule has 2 aromatic carbocycles. The lowest BCUT2D eigenvalue weighted by Crippen LogP contribution is -2.40. The molecule has 7 nitrogen and oxygen atoms in total. The molecule has 1 atom stereocenters. The number of rotatable bonds is 5. The molecule has 0 saturated carbocycles. The van der Waals surface area contributed by atoms with Crippen LogP contribution in [0.5, 0.6) is 0 Å². The number of hydrogen-bond donors (Lipinski definition) is 2. The molecule has 2 N–H and O–H groups in total. The van der Waals surface area contributed by atoms with Crippen molar-refractivity contribution in [2.24, 2.45) is 4.99 Å². The number of carbonyl (C=O) groups is 1. The van der Waals surface area contributed by atoms with Gasteiger partial charge in [0.05, 0.1) is 0 Å². The maximum Gasteiger partial charge on any atom is 0.247 e. The van der Waals surface area contributed by atoms with E-state index in [-0.39, 0.29) is 11.9 Å². The summed E-state index contributed by atoms with van der Waals surface area (Å²) in [6.45, 7) is 3.31. The quantitative estimate of drug-likeness (QED) is 0.274. The number of hydrogen-bond acceptors (Lipinski definition) is 4. The van der Waals surface area contributed by atoms with Crippen LogP contribution in [0.25, 0.3) is 11.0 Å². The molecule has 1 unspecified atom stereocenters. The third-order valence-corrected chi connectivity index (χ3v) is 5.63. The average molecular weight is 430 g/mol. The van der Waals surface area contributed by atoms with Crippen LogP contribution in [0, 0.1) is 18.4 Å². The zero-order valence-electron chi connectivity index (χ0n) is 18.2. The maximum absolute atomic E-state index is 13.2. The van der Waals surface area contributed by atoms with Gasteiger partial charge in [-0.05, 0) is 62.4 Å². The van der Waals surface area contributed by atoms with Gasteiger partial charge in [-0.3, -0.25) is 10.1 Å². The SMILES string of the molecule is Cc1cc2cc(NC(=NC3CCCCN(CCc4ccccc4)C3=O)NC#N)ccc2o1. The van der Waals surface area contributed by atoms with Gasteiger partial charge in [0.1, 0.15) is 17.4 Å². The van der Waals surface area contributed by atoms with Crippen LogP contribution in [0.1, 0.15) is 30.6 Å². The zero-order chi connectivity index (χ0) is 22.3. The Morgan fingerprint density at radius 1 is 1.22 bits per heavy atom. The van der Waals surface area contributed by atoms with Gasteiger partial charge in [0.15, 0.2) is 6.19 Å². The van der Waals surface area contributed by atoms with Gasteiger partial charge in [-0.25, -0.2) is 4.99 Å². The summed E-state index contributed by atoms with van der Waals surface area (Å²) in [5.41, 5.74) is 2.78. The Kier molecular flexibility index (Phi) is 6.71. The van der Waals surface area contributed by atoms with Crippen LogP contribution < -0.4 is 10.6 Å². The third kappa shape index (κ3) is 5.27. The Morgan fingerprint density at radius 3 is 2.88 bits per heavy atom. The van der Waals surface area contributed by atoms with Gasteiger partial charge in [-0.1, -0.05) is 30.3 Å². The second kappa shape index (κ2) is 10.0. The molecule has 1 aliphatic heterocycles. The van der Waals surface area contributed by atoms with Gasteiger partial charge in [0, 0.05) is 24.2 Å². The number of nitrogens with zero attached hydrogens (tertiary/aromatic N) is 3. The van der Waals surface area contributed by atoms with Gasteiger partial charge < -0.3 is 14.6 Å². The minimum atomic E-state index is -0.517. The van der Waals surface area contributed by atoms with E-state index in [0.29, 0.717) is 13.0 Å². The highest BCUT2D eigenvalue weighted by Crippen LogP contribution is 2.23. The monoisotopic (exact) mass is 429 g/mol. The highest BCUT2D eigenvalue weighted by molar-refractivity contribution is 5.98. The normalized spacial score (nSPS) is 17.1. The first-order chi connectivity index (χ1) is 15.6. The summed E-state index contributed by atoms with van der Waals surface area (Å²) in [5.74, 6) is 1.12. The van der Waals surface area contributed by atoms with E-state index in [1.807, 2.05) is 60.5 Å². The number of nitrogens with one attached hydrogen (secondary N) is 2. The van der Waals surface area contributed by atoms with Crippen molar-refractivity contribution in [3.05, 3.63) is 65.9 Å². The van der Waals surface area contributed by atoms with Crippen molar-refractivity contribution in [3.8, 4) is 6.19 Å². The van der Waals surface area contributed by atoms with Gasteiger partial charge in [0.25, 0.3) is 0 Å². The fourth-order valence-electron chi connectivity index (χ4n) is 4.03. The fraction of sp³-hybridized carbons (Fsp3) is 0.320. The van der Waals surface area contributed by atoms with Gasteiger partial charge >= 0.3 is 0 Å². The molecule has 1 aromatic heterocycles. The summed E-state index contributed by atoms with van der Waals surface area (Å²) in [5, 5.41) is 15.9. The molecular weight excluding hydrogens is 402 g/mol. The predicted octanol–water partition coefficient (Wildman–Crippen LogP) is 4.20. The summed E-state index contributed by atoms with van der Waals surface area (Å²) >= 11 is 0. The number of aliphatic imine (C=N–C) groups is 1. The Labute approximate surface area is 187 Å². The maximum atomic E-state index is 13.2. The molecule has 1 amide bonds. The molecule has 0 aliphatic carbocycles. The van der Waals surface area contributed by atoms with E-state index in [0.717, 1.165) is 48.2 Å². The molecule has 32 heavy (non-hydrogen) atoms. The first kappa shape index (κ1) is 21.4. The summed E-state index contributed by atoms with van der Waals surface area (Å²) in [7, 11) is 0. The van der Waals surface area contributed by atoms with Crippen molar-refractivity contribution >= 4 is 28.5 Å². The molecule has 164 valence electrons. The standard InChI is InChI=1S/C25H27N5O2/c1-18-15-20-16-21(10-11-23(20)32-18)28-25(27-17-26)29-22-9-5-6-13-30(24(22)31)14-12-19-7-3-2-4-8-19/h2-4,7-8,10-11,15-16,22H,5-6,9,12-14H2,1H3,(H2,27,28,29). The molecule has 4 rings (SSSR count). The summed E-state index contributed by atoms with van der Waals surface area (Å²) in [6, 6.07) is 17.3. The van der Waals surface area contributed by atoms with Gasteiger partial charge in [0.2, 0.25) is 11.9 Å². The molecule has 3 aromatic rings. The average Bonchev–Trinajstić information content (AvgIpc) is 3.08. The predicted molar refractivity (Wildman–Crippen MR) is 125 cm³/mol. The van der Waals surface area contributed by atoms with E-state index < -0.39 is 6.04 Å². The Balaban J connectivity index is 1.49. The fourth-order valence-corrected chi connectivity index (χ4v) is 4.03. The number of aryl methyl sites for hydroxylation is 1. The number of fused-ring (bicyclic) bond motifs is 1. The first-order valence-electron chi connectivity index (χ1n) is 11.0. The molecule has 0 spiro atoms. The highest BCUT2D eigenvalue weighted by Gasteiger charge is 2.27. The van der Waals surface area contributed by atoms with Crippen molar-refractivity contribution in [2.45, 2.75) is 38.6 Å². The van der Waals surface area contributed by atoms with Gasteiger partial charge in [-0.15, -0.1) is 0 Å². The lowest BCUT2D eigenvalue weighted by atomic mass is 10.1. The largest absolute Gasteiger partial charge is 0.461 e. The van der Waals surface area contributed by atoms with E-state index in [1.54, 1.807) is 0 Å². The first-order valence-corrected chi connectivity index (χ1v) is 11.0. The van der Waals surface area contributed by atoms with E-state index in [9.17, 15) is 10.1 Å². The summed E-state index contributed by atoms with van der Waals surface area (Å²) in [6.07, 6.45) is 5.27. The Morgan fingerprint density at radius 2 is 2.06 bits per heavy atom. The lowest BCUT2D eigenvalue weighted by molar-refractivity contribution is -0.131. The molecule has 0 radical (unpaired) electrons. The number of furan rings is 1. The van der Waals surface area contributed by atoms with E-state index >= 15 is 0 Å².